The summed E-state index contributed by atoms with van der Waals surface area (Å²) in [5, 5.41) is 10.9. The first-order valence-electron chi connectivity index (χ1n) is 5.48. The fourth-order valence-electron chi connectivity index (χ4n) is 1.65. The monoisotopic (exact) mass is 256 g/mol. The van der Waals surface area contributed by atoms with Gasteiger partial charge < -0.3 is 19.8 Å². The van der Waals surface area contributed by atoms with Crippen molar-refractivity contribution in [1.29, 1.82) is 0 Å². The van der Waals surface area contributed by atoms with Gasteiger partial charge in [0.2, 0.25) is 12.1 Å². The second-order valence-corrected chi connectivity index (χ2v) is 3.67. The van der Waals surface area contributed by atoms with Crippen molar-refractivity contribution in [2.75, 3.05) is 25.1 Å². The van der Waals surface area contributed by atoms with E-state index in [1.807, 2.05) is 6.92 Å². The number of imidazole rings is 1. The molecule has 1 aromatic rings. The molecule has 0 bridgehead atoms. The highest BCUT2D eigenvalue weighted by atomic mass is 16.6. The fourth-order valence-corrected chi connectivity index (χ4v) is 1.65. The number of esters is 1. The normalized spacial score (nSPS) is 10.2. The lowest BCUT2D eigenvalue weighted by atomic mass is 10.3. The third kappa shape index (κ3) is 2.96. The Labute approximate surface area is 104 Å². The van der Waals surface area contributed by atoms with Crippen LogP contribution in [0.2, 0.25) is 0 Å². The van der Waals surface area contributed by atoms with Crippen LogP contribution in [-0.4, -0.2) is 40.6 Å². The van der Waals surface area contributed by atoms with Gasteiger partial charge >= 0.3 is 11.8 Å². The number of aryl methyl sites for hydroxylation is 1. The van der Waals surface area contributed by atoms with Crippen LogP contribution in [0.1, 0.15) is 13.3 Å². The lowest BCUT2D eigenvalue weighted by molar-refractivity contribution is -0.388. The van der Waals surface area contributed by atoms with Crippen molar-refractivity contribution in [3.63, 3.8) is 0 Å². The molecule has 1 aromatic heterocycles. The van der Waals surface area contributed by atoms with Crippen LogP contribution >= 0.6 is 0 Å². The first kappa shape index (κ1) is 13.9. The Hall–Kier alpha value is -2.12. The van der Waals surface area contributed by atoms with Gasteiger partial charge in [0.25, 0.3) is 0 Å². The molecule has 0 amide bonds. The largest absolute Gasteiger partial charge is 0.469 e. The molecular formula is C10H16N4O4. The van der Waals surface area contributed by atoms with Crippen LogP contribution in [0.25, 0.3) is 0 Å². The molecule has 0 fully saturated rings. The second-order valence-electron chi connectivity index (χ2n) is 3.67. The maximum atomic E-state index is 11.1. The summed E-state index contributed by atoms with van der Waals surface area (Å²) in [5.41, 5.74) is 0. The summed E-state index contributed by atoms with van der Waals surface area (Å²) in [7, 11) is 2.99. The minimum atomic E-state index is -0.532. The zero-order valence-electron chi connectivity index (χ0n) is 10.6. The number of anilines is 1. The van der Waals surface area contributed by atoms with Crippen molar-refractivity contribution in [1.82, 2.24) is 9.55 Å². The first-order chi connectivity index (χ1) is 8.51. The molecule has 0 aromatic carbocycles. The van der Waals surface area contributed by atoms with Crippen LogP contribution in [0, 0.1) is 10.1 Å². The van der Waals surface area contributed by atoms with Gasteiger partial charge in [-0.2, -0.15) is 0 Å². The van der Waals surface area contributed by atoms with E-state index in [0.717, 1.165) is 0 Å². The van der Waals surface area contributed by atoms with Crippen LogP contribution in [0.4, 0.5) is 11.6 Å². The van der Waals surface area contributed by atoms with Gasteiger partial charge in [-0.25, -0.2) is 0 Å². The van der Waals surface area contributed by atoms with E-state index in [9.17, 15) is 14.9 Å². The van der Waals surface area contributed by atoms with Gasteiger partial charge in [0.05, 0.1) is 13.5 Å². The Morgan fingerprint density at radius 2 is 2.33 bits per heavy atom. The Morgan fingerprint density at radius 3 is 2.83 bits per heavy atom. The predicted molar refractivity (Wildman–Crippen MR) is 64.4 cm³/mol. The van der Waals surface area contributed by atoms with E-state index in [2.05, 4.69) is 9.72 Å². The summed E-state index contributed by atoms with van der Waals surface area (Å²) in [6.07, 6.45) is 1.56. The van der Waals surface area contributed by atoms with Crippen molar-refractivity contribution in [3.05, 3.63) is 16.4 Å². The highest BCUT2D eigenvalue weighted by molar-refractivity contribution is 5.70. The predicted octanol–water partition coefficient (Wildman–Crippen LogP) is 0.718. The van der Waals surface area contributed by atoms with Crippen molar-refractivity contribution in [2.45, 2.75) is 13.3 Å². The molecule has 0 N–H and O–H groups in total. The number of ether oxygens (including phenoxy) is 1. The molecule has 0 saturated carbocycles. The Kier molecular flexibility index (Phi) is 4.64. The Morgan fingerprint density at radius 1 is 1.67 bits per heavy atom. The van der Waals surface area contributed by atoms with E-state index >= 15 is 0 Å². The van der Waals surface area contributed by atoms with E-state index in [1.54, 1.807) is 16.5 Å². The number of carbonyl (C=O) groups is 1. The number of methoxy groups -OCH3 is 1. The number of nitro groups is 1. The number of rotatable bonds is 6. The van der Waals surface area contributed by atoms with E-state index in [0.29, 0.717) is 18.9 Å². The molecule has 0 saturated heterocycles. The molecule has 0 radical (unpaired) electrons. The molecule has 0 aliphatic rings. The molecule has 18 heavy (non-hydrogen) atoms. The molecule has 1 rings (SSSR count). The number of carbonyl (C=O) groups excluding carboxylic acids is 1. The summed E-state index contributed by atoms with van der Waals surface area (Å²) in [6, 6.07) is 0. The topological polar surface area (TPSA) is 90.5 Å². The van der Waals surface area contributed by atoms with Gasteiger partial charge in [0, 0.05) is 20.1 Å². The van der Waals surface area contributed by atoms with Crippen LogP contribution < -0.4 is 4.90 Å². The smallest absolute Gasteiger partial charge is 0.406 e. The molecular weight excluding hydrogens is 240 g/mol. The van der Waals surface area contributed by atoms with Crippen LogP contribution in [0.3, 0.4) is 0 Å². The molecule has 0 atom stereocenters. The second kappa shape index (κ2) is 5.99. The first-order valence-corrected chi connectivity index (χ1v) is 5.48. The van der Waals surface area contributed by atoms with Crippen LogP contribution in [0.15, 0.2) is 6.33 Å². The minimum absolute atomic E-state index is 0.173. The summed E-state index contributed by atoms with van der Waals surface area (Å²) in [5.74, 6) is -0.158. The lowest BCUT2D eigenvalue weighted by Crippen LogP contribution is -2.28. The van der Waals surface area contributed by atoms with Gasteiger partial charge in [-0.15, -0.1) is 0 Å². The number of hydrogen-bond donors (Lipinski definition) is 0. The molecule has 1 heterocycles. The zero-order valence-corrected chi connectivity index (χ0v) is 10.6. The molecule has 8 heteroatoms. The van der Waals surface area contributed by atoms with Crippen molar-refractivity contribution >= 4 is 17.6 Å². The van der Waals surface area contributed by atoms with E-state index < -0.39 is 4.92 Å². The van der Waals surface area contributed by atoms with Gasteiger partial charge in [0.1, 0.15) is 0 Å². The van der Waals surface area contributed by atoms with E-state index in [1.165, 1.54) is 13.4 Å². The van der Waals surface area contributed by atoms with Crippen molar-refractivity contribution in [2.24, 2.45) is 7.05 Å². The maximum absolute atomic E-state index is 11.1. The Bertz CT molecular complexity index is 443. The highest BCUT2D eigenvalue weighted by Crippen LogP contribution is 2.25. The van der Waals surface area contributed by atoms with E-state index in [-0.39, 0.29) is 18.2 Å². The van der Waals surface area contributed by atoms with Crippen LogP contribution in [-0.2, 0) is 16.6 Å². The lowest BCUT2D eigenvalue weighted by Gasteiger charge is -2.21. The highest BCUT2D eigenvalue weighted by Gasteiger charge is 2.24. The molecule has 0 unspecified atom stereocenters. The number of aromatic nitrogens is 2. The molecule has 0 aliphatic carbocycles. The standard InChI is InChI=1S/C10H16N4O4/c1-4-13(6-5-8(15)18-3)10-9(14(16)17)11-7-12(10)2/h7H,4-6H2,1-3H3. The molecule has 0 aliphatic heterocycles. The SMILES string of the molecule is CCN(CCC(=O)OC)c1c([N+](=O)[O-])ncn1C. The van der Waals surface area contributed by atoms with Crippen molar-refractivity contribution < 1.29 is 14.5 Å². The molecule has 0 spiro atoms. The summed E-state index contributed by atoms with van der Waals surface area (Å²) in [4.78, 5) is 26.9. The zero-order chi connectivity index (χ0) is 13.7. The van der Waals surface area contributed by atoms with Crippen LogP contribution in [0.5, 0.6) is 0 Å². The summed E-state index contributed by atoms with van der Waals surface area (Å²) < 4.78 is 6.12. The maximum Gasteiger partial charge on any atom is 0.406 e. The number of nitrogens with zero attached hydrogens (tertiary/aromatic N) is 4. The fraction of sp³-hybridized carbons (Fsp3) is 0.600. The quantitative estimate of drug-likeness (QED) is 0.423. The third-order valence-electron chi connectivity index (χ3n) is 2.56. The summed E-state index contributed by atoms with van der Waals surface area (Å²) in [6.45, 7) is 2.74. The van der Waals surface area contributed by atoms with Gasteiger partial charge in [0.15, 0.2) is 0 Å². The third-order valence-corrected chi connectivity index (χ3v) is 2.56. The van der Waals surface area contributed by atoms with Gasteiger partial charge in [-0.05, 0) is 16.8 Å². The van der Waals surface area contributed by atoms with Gasteiger partial charge in [-0.1, -0.05) is 0 Å². The number of hydrogen-bond acceptors (Lipinski definition) is 6. The van der Waals surface area contributed by atoms with Crippen molar-refractivity contribution in [3.8, 4) is 0 Å². The molecule has 8 nitrogen and oxygen atoms in total. The van der Waals surface area contributed by atoms with E-state index in [4.69, 9.17) is 0 Å². The summed E-state index contributed by atoms with van der Waals surface area (Å²) >= 11 is 0. The Balaban J connectivity index is 2.91. The minimum Gasteiger partial charge on any atom is -0.469 e. The average molecular weight is 256 g/mol. The molecule has 100 valence electrons. The average Bonchev–Trinajstić information content (AvgIpc) is 2.72. The van der Waals surface area contributed by atoms with Gasteiger partial charge in [-0.3, -0.25) is 9.36 Å².